The Hall–Kier alpha value is -0.910. The maximum absolute atomic E-state index is 12.4. The SMILES string of the molecule is CC1(C)COC(CN)CN1C(=O)c1cccs1. The predicted molar refractivity (Wildman–Crippen MR) is 68.2 cm³/mol. The van der Waals surface area contributed by atoms with E-state index in [0.717, 1.165) is 4.88 Å². The number of carbonyl (C=O) groups excluding carboxylic acids is 1. The van der Waals surface area contributed by atoms with Crippen molar-refractivity contribution in [3.8, 4) is 0 Å². The van der Waals surface area contributed by atoms with E-state index in [1.54, 1.807) is 0 Å². The quantitative estimate of drug-likeness (QED) is 0.866. The van der Waals surface area contributed by atoms with Crippen molar-refractivity contribution in [1.29, 1.82) is 0 Å². The van der Waals surface area contributed by atoms with E-state index in [-0.39, 0.29) is 17.6 Å². The fourth-order valence-electron chi connectivity index (χ4n) is 1.94. The summed E-state index contributed by atoms with van der Waals surface area (Å²) in [6.45, 7) is 5.59. The number of rotatable bonds is 2. The highest BCUT2D eigenvalue weighted by Gasteiger charge is 2.38. The summed E-state index contributed by atoms with van der Waals surface area (Å²) in [6.07, 6.45) is -0.0491. The molecule has 1 aliphatic heterocycles. The molecule has 0 radical (unpaired) electrons. The van der Waals surface area contributed by atoms with Gasteiger partial charge >= 0.3 is 0 Å². The zero-order valence-electron chi connectivity index (χ0n) is 10.2. The molecule has 0 bridgehead atoms. The summed E-state index contributed by atoms with van der Waals surface area (Å²) in [4.78, 5) is 15.0. The van der Waals surface area contributed by atoms with Gasteiger partial charge in [0.25, 0.3) is 5.91 Å². The Morgan fingerprint density at radius 2 is 2.47 bits per heavy atom. The average Bonchev–Trinajstić information content (AvgIpc) is 2.81. The highest BCUT2D eigenvalue weighted by molar-refractivity contribution is 7.12. The molecule has 1 atom stereocenters. The molecule has 2 N–H and O–H groups in total. The van der Waals surface area contributed by atoms with Crippen molar-refractivity contribution in [2.45, 2.75) is 25.5 Å². The Morgan fingerprint density at radius 3 is 3.06 bits per heavy atom. The van der Waals surface area contributed by atoms with Gasteiger partial charge in [-0.25, -0.2) is 0 Å². The molecule has 2 heterocycles. The van der Waals surface area contributed by atoms with Crippen LogP contribution in [0.4, 0.5) is 0 Å². The van der Waals surface area contributed by atoms with Gasteiger partial charge in [-0.05, 0) is 25.3 Å². The third kappa shape index (κ3) is 2.51. The summed E-state index contributed by atoms with van der Waals surface area (Å²) >= 11 is 1.47. The third-order valence-corrected chi connectivity index (χ3v) is 3.89. The average molecular weight is 254 g/mol. The van der Waals surface area contributed by atoms with Gasteiger partial charge < -0.3 is 15.4 Å². The first-order valence-corrected chi connectivity index (χ1v) is 6.60. The van der Waals surface area contributed by atoms with Crippen molar-refractivity contribution >= 4 is 17.2 Å². The number of nitrogens with zero attached hydrogens (tertiary/aromatic N) is 1. The largest absolute Gasteiger partial charge is 0.373 e. The van der Waals surface area contributed by atoms with E-state index in [0.29, 0.717) is 19.7 Å². The second kappa shape index (κ2) is 4.76. The molecule has 0 saturated carbocycles. The number of morpholine rings is 1. The molecule has 5 heteroatoms. The number of hydrogen-bond donors (Lipinski definition) is 1. The molecular formula is C12H18N2O2S. The number of hydrogen-bond acceptors (Lipinski definition) is 4. The molecule has 0 aromatic carbocycles. The maximum Gasteiger partial charge on any atom is 0.264 e. The molecule has 2 rings (SSSR count). The van der Waals surface area contributed by atoms with Gasteiger partial charge in [0.15, 0.2) is 0 Å². The van der Waals surface area contributed by atoms with Crippen LogP contribution in [-0.4, -0.2) is 42.1 Å². The summed E-state index contributed by atoms with van der Waals surface area (Å²) in [7, 11) is 0. The molecule has 1 unspecified atom stereocenters. The monoisotopic (exact) mass is 254 g/mol. The predicted octanol–water partition coefficient (Wildman–Crippen LogP) is 1.33. The number of thiophene rings is 1. The van der Waals surface area contributed by atoms with Crippen LogP contribution in [-0.2, 0) is 4.74 Å². The molecule has 4 nitrogen and oxygen atoms in total. The summed E-state index contributed by atoms with van der Waals surface area (Å²) in [5.41, 5.74) is 5.34. The zero-order valence-corrected chi connectivity index (χ0v) is 11.0. The van der Waals surface area contributed by atoms with Crippen LogP contribution < -0.4 is 5.73 Å². The molecule has 1 fully saturated rings. The molecule has 1 amide bonds. The maximum atomic E-state index is 12.4. The Labute approximate surface area is 105 Å². The van der Waals surface area contributed by atoms with Crippen LogP contribution in [0.2, 0.25) is 0 Å². The van der Waals surface area contributed by atoms with Gasteiger partial charge in [0.2, 0.25) is 0 Å². The fraction of sp³-hybridized carbons (Fsp3) is 0.583. The van der Waals surface area contributed by atoms with Crippen LogP contribution in [0.5, 0.6) is 0 Å². The van der Waals surface area contributed by atoms with Gasteiger partial charge in [0.05, 0.1) is 23.1 Å². The van der Waals surface area contributed by atoms with Gasteiger partial charge in [0.1, 0.15) is 0 Å². The lowest BCUT2D eigenvalue weighted by Crippen LogP contribution is -2.59. The van der Waals surface area contributed by atoms with Crippen LogP contribution in [0.25, 0.3) is 0 Å². The molecule has 0 spiro atoms. The van der Waals surface area contributed by atoms with Crippen molar-refractivity contribution in [3.05, 3.63) is 22.4 Å². The molecule has 1 aliphatic rings. The van der Waals surface area contributed by atoms with Crippen LogP contribution in [0.3, 0.4) is 0 Å². The molecule has 1 aromatic rings. The molecule has 17 heavy (non-hydrogen) atoms. The number of amides is 1. The summed E-state index contributed by atoms with van der Waals surface area (Å²) < 4.78 is 5.62. The van der Waals surface area contributed by atoms with E-state index in [9.17, 15) is 4.79 Å². The van der Waals surface area contributed by atoms with Crippen molar-refractivity contribution in [1.82, 2.24) is 4.90 Å². The Bertz CT molecular complexity index is 389. The number of carbonyl (C=O) groups is 1. The molecular weight excluding hydrogens is 236 g/mol. The standard InChI is InChI=1S/C12H18N2O2S/c1-12(2)8-16-9(6-13)7-14(12)11(15)10-4-3-5-17-10/h3-5,9H,6-8,13H2,1-2H3. The van der Waals surface area contributed by atoms with E-state index < -0.39 is 0 Å². The first kappa shape index (κ1) is 12.5. The highest BCUT2D eigenvalue weighted by Crippen LogP contribution is 2.25. The minimum absolute atomic E-state index is 0.0491. The van der Waals surface area contributed by atoms with Crippen LogP contribution in [0.15, 0.2) is 17.5 Å². The van der Waals surface area contributed by atoms with Crippen LogP contribution >= 0.6 is 11.3 Å². The lowest BCUT2D eigenvalue weighted by Gasteiger charge is -2.45. The third-order valence-electron chi connectivity index (χ3n) is 3.03. The van der Waals surface area contributed by atoms with Gasteiger partial charge in [-0.3, -0.25) is 4.79 Å². The van der Waals surface area contributed by atoms with E-state index in [1.165, 1.54) is 11.3 Å². The summed E-state index contributed by atoms with van der Waals surface area (Å²) in [6, 6.07) is 3.75. The smallest absolute Gasteiger partial charge is 0.264 e. The zero-order chi connectivity index (χ0) is 12.5. The van der Waals surface area contributed by atoms with E-state index >= 15 is 0 Å². The first-order chi connectivity index (χ1) is 8.04. The Morgan fingerprint density at radius 1 is 1.71 bits per heavy atom. The van der Waals surface area contributed by atoms with Crippen molar-refractivity contribution < 1.29 is 9.53 Å². The van der Waals surface area contributed by atoms with Crippen LogP contribution in [0, 0.1) is 0 Å². The van der Waals surface area contributed by atoms with Gasteiger partial charge in [-0.1, -0.05) is 6.07 Å². The molecule has 1 saturated heterocycles. The van der Waals surface area contributed by atoms with E-state index in [4.69, 9.17) is 10.5 Å². The Balaban J connectivity index is 2.19. The van der Waals surface area contributed by atoms with Gasteiger partial charge in [0, 0.05) is 13.1 Å². The highest BCUT2D eigenvalue weighted by atomic mass is 32.1. The normalized spacial score (nSPS) is 23.7. The number of nitrogens with two attached hydrogens (primary N) is 1. The fourth-order valence-corrected chi connectivity index (χ4v) is 2.61. The summed E-state index contributed by atoms with van der Waals surface area (Å²) in [5, 5.41) is 1.92. The second-order valence-electron chi connectivity index (χ2n) is 4.87. The van der Waals surface area contributed by atoms with Crippen molar-refractivity contribution in [2.24, 2.45) is 5.73 Å². The van der Waals surface area contributed by atoms with Crippen molar-refractivity contribution in [2.75, 3.05) is 19.7 Å². The molecule has 0 aliphatic carbocycles. The topological polar surface area (TPSA) is 55.6 Å². The minimum atomic E-state index is -0.271. The van der Waals surface area contributed by atoms with E-state index in [1.807, 2.05) is 36.3 Å². The summed E-state index contributed by atoms with van der Waals surface area (Å²) in [5.74, 6) is 0.0757. The first-order valence-electron chi connectivity index (χ1n) is 5.72. The van der Waals surface area contributed by atoms with Gasteiger partial charge in [-0.2, -0.15) is 0 Å². The molecule has 1 aromatic heterocycles. The Kier molecular flexibility index (Phi) is 3.51. The lowest BCUT2D eigenvalue weighted by atomic mass is 10.0. The van der Waals surface area contributed by atoms with E-state index in [2.05, 4.69) is 0 Å². The van der Waals surface area contributed by atoms with Crippen molar-refractivity contribution in [3.63, 3.8) is 0 Å². The lowest BCUT2D eigenvalue weighted by molar-refractivity contribution is -0.0786. The van der Waals surface area contributed by atoms with Crippen LogP contribution in [0.1, 0.15) is 23.5 Å². The molecule has 94 valence electrons. The van der Waals surface area contributed by atoms with Gasteiger partial charge in [-0.15, -0.1) is 11.3 Å². The number of ether oxygens (including phenoxy) is 1. The minimum Gasteiger partial charge on any atom is -0.373 e. The second-order valence-corrected chi connectivity index (χ2v) is 5.82.